The van der Waals surface area contributed by atoms with E-state index < -0.39 is 4.92 Å². The Hall–Kier alpha value is -2.09. The zero-order chi connectivity index (χ0) is 11.1. The Kier molecular flexibility index (Phi) is 4.10. The van der Waals surface area contributed by atoms with Crippen LogP contribution in [0.2, 0.25) is 0 Å². The van der Waals surface area contributed by atoms with Gasteiger partial charge in [0.15, 0.2) is 0 Å². The van der Waals surface area contributed by atoms with Crippen molar-refractivity contribution < 1.29 is 4.92 Å². The molecule has 0 aliphatic rings. The monoisotopic (exact) mass is 205 g/mol. The van der Waals surface area contributed by atoms with E-state index in [9.17, 15) is 10.1 Å². The molecule has 0 fully saturated rings. The van der Waals surface area contributed by atoms with Gasteiger partial charge in [-0.1, -0.05) is 0 Å². The van der Waals surface area contributed by atoms with E-state index in [0.717, 1.165) is 6.42 Å². The van der Waals surface area contributed by atoms with Crippen LogP contribution in [0.5, 0.6) is 0 Å². The van der Waals surface area contributed by atoms with E-state index in [0.29, 0.717) is 18.7 Å². The standard InChI is InChI=1S/C10H11N3O2/c1-2-3-4-7-11-9-6-5-8-12-10(9)13(14)15/h1,5-6,8,11H,3-4,7H2. The first-order valence-corrected chi connectivity index (χ1v) is 4.52. The molecule has 0 aliphatic heterocycles. The summed E-state index contributed by atoms with van der Waals surface area (Å²) in [5.41, 5.74) is 0.430. The molecule has 1 rings (SSSR count). The third-order valence-electron chi connectivity index (χ3n) is 1.77. The Morgan fingerprint density at radius 1 is 1.67 bits per heavy atom. The highest BCUT2D eigenvalue weighted by atomic mass is 16.6. The molecule has 0 atom stereocenters. The second kappa shape index (κ2) is 5.60. The maximum absolute atomic E-state index is 10.6. The molecule has 0 radical (unpaired) electrons. The fourth-order valence-corrected chi connectivity index (χ4v) is 1.09. The summed E-state index contributed by atoms with van der Waals surface area (Å²) in [6.45, 7) is 0.608. The maximum atomic E-state index is 10.6. The van der Waals surface area contributed by atoms with Crippen LogP contribution < -0.4 is 5.32 Å². The molecule has 0 aliphatic carbocycles. The van der Waals surface area contributed by atoms with Gasteiger partial charge in [0, 0.05) is 13.0 Å². The van der Waals surface area contributed by atoms with Gasteiger partial charge in [-0.3, -0.25) is 0 Å². The first-order valence-electron chi connectivity index (χ1n) is 4.52. The normalized spacial score (nSPS) is 9.27. The number of anilines is 1. The number of rotatable bonds is 5. The molecule has 5 heteroatoms. The smallest absolute Gasteiger partial charge is 0.378 e. The van der Waals surface area contributed by atoms with Crippen LogP contribution in [0.15, 0.2) is 18.3 Å². The number of nitro groups is 1. The van der Waals surface area contributed by atoms with E-state index >= 15 is 0 Å². The van der Waals surface area contributed by atoms with E-state index in [4.69, 9.17) is 6.42 Å². The predicted octanol–water partition coefficient (Wildman–Crippen LogP) is 1.82. The summed E-state index contributed by atoms with van der Waals surface area (Å²) < 4.78 is 0. The van der Waals surface area contributed by atoms with Crippen LogP contribution in [-0.4, -0.2) is 16.5 Å². The minimum Gasteiger partial charge on any atom is -0.378 e. The molecule has 1 aromatic heterocycles. The summed E-state index contributed by atoms with van der Waals surface area (Å²) in [5, 5.41) is 13.5. The Bertz CT molecular complexity index is 384. The van der Waals surface area contributed by atoms with Crippen molar-refractivity contribution in [3.8, 4) is 12.3 Å². The van der Waals surface area contributed by atoms with Gasteiger partial charge in [0.2, 0.25) is 0 Å². The lowest BCUT2D eigenvalue weighted by molar-refractivity contribution is -0.388. The molecule has 0 bridgehead atoms. The van der Waals surface area contributed by atoms with Gasteiger partial charge in [-0.15, -0.1) is 12.3 Å². The zero-order valence-electron chi connectivity index (χ0n) is 8.14. The third-order valence-corrected chi connectivity index (χ3v) is 1.77. The highest BCUT2D eigenvalue weighted by Crippen LogP contribution is 2.19. The van der Waals surface area contributed by atoms with Crippen LogP contribution >= 0.6 is 0 Å². The zero-order valence-corrected chi connectivity index (χ0v) is 8.14. The quantitative estimate of drug-likeness (QED) is 0.344. The topological polar surface area (TPSA) is 68.1 Å². The van der Waals surface area contributed by atoms with Crippen LogP contribution in [0.4, 0.5) is 11.5 Å². The number of hydrogen-bond acceptors (Lipinski definition) is 4. The van der Waals surface area contributed by atoms with Crippen molar-refractivity contribution in [2.24, 2.45) is 0 Å². The molecule has 1 heterocycles. The van der Waals surface area contributed by atoms with E-state index in [1.54, 1.807) is 12.1 Å². The average Bonchev–Trinajstić information content (AvgIpc) is 2.25. The van der Waals surface area contributed by atoms with Crippen molar-refractivity contribution in [1.29, 1.82) is 0 Å². The lowest BCUT2D eigenvalue weighted by Crippen LogP contribution is -2.04. The molecule has 5 nitrogen and oxygen atoms in total. The number of hydrogen-bond donors (Lipinski definition) is 1. The molecule has 0 aromatic carbocycles. The molecule has 1 N–H and O–H groups in total. The first kappa shape index (κ1) is 11.0. The van der Waals surface area contributed by atoms with E-state index in [-0.39, 0.29) is 5.82 Å². The van der Waals surface area contributed by atoms with Crippen LogP contribution in [0, 0.1) is 22.5 Å². The highest BCUT2D eigenvalue weighted by Gasteiger charge is 2.12. The molecule has 0 amide bonds. The van der Waals surface area contributed by atoms with E-state index in [1.807, 2.05) is 0 Å². The van der Waals surface area contributed by atoms with Gasteiger partial charge in [-0.05, 0) is 28.5 Å². The van der Waals surface area contributed by atoms with Gasteiger partial charge in [0.25, 0.3) is 0 Å². The summed E-state index contributed by atoms with van der Waals surface area (Å²) >= 11 is 0. The number of pyridine rings is 1. The Morgan fingerprint density at radius 2 is 2.47 bits per heavy atom. The van der Waals surface area contributed by atoms with Crippen molar-refractivity contribution in [1.82, 2.24) is 4.98 Å². The van der Waals surface area contributed by atoms with Gasteiger partial charge < -0.3 is 15.4 Å². The van der Waals surface area contributed by atoms with Crippen LogP contribution in [0.1, 0.15) is 12.8 Å². The summed E-state index contributed by atoms with van der Waals surface area (Å²) in [5.74, 6) is 2.35. The van der Waals surface area contributed by atoms with Crippen LogP contribution in [-0.2, 0) is 0 Å². The maximum Gasteiger partial charge on any atom is 0.386 e. The van der Waals surface area contributed by atoms with Gasteiger partial charge in [0.05, 0.1) is 0 Å². The summed E-state index contributed by atoms with van der Waals surface area (Å²) in [6.07, 6.45) is 7.92. The lowest BCUT2D eigenvalue weighted by Gasteiger charge is -2.04. The van der Waals surface area contributed by atoms with E-state index in [2.05, 4.69) is 16.2 Å². The molecule has 0 saturated heterocycles. The van der Waals surface area contributed by atoms with Crippen molar-refractivity contribution in [2.45, 2.75) is 12.8 Å². The van der Waals surface area contributed by atoms with Crippen LogP contribution in [0.3, 0.4) is 0 Å². The molecule has 0 saturated carbocycles. The minimum absolute atomic E-state index is 0.154. The van der Waals surface area contributed by atoms with Gasteiger partial charge >= 0.3 is 5.82 Å². The Balaban J connectivity index is 2.60. The van der Waals surface area contributed by atoms with Gasteiger partial charge in [-0.25, -0.2) is 0 Å². The number of unbranched alkanes of at least 4 members (excludes halogenated alkanes) is 1. The van der Waals surface area contributed by atoms with Crippen molar-refractivity contribution in [3.63, 3.8) is 0 Å². The number of terminal acetylenes is 1. The SMILES string of the molecule is C#CCCCNc1cccnc1[N+](=O)[O-]. The largest absolute Gasteiger partial charge is 0.386 e. The fraction of sp³-hybridized carbons (Fsp3) is 0.300. The minimum atomic E-state index is -0.510. The highest BCUT2D eigenvalue weighted by molar-refractivity contribution is 5.56. The van der Waals surface area contributed by atoms with Crippen molar-refractivity contribution in [2.75, 3.05) is 11.9 Å². The Morgan fingerprint density at radius 3 is 3.13 bits per heavy atom. The number of nitrogens with zero attached hydrogens (tertiary/aromatic N) is 2. The molecule has 15 heavy (non-hydrogen) atoms. The lowest BCUT2D eigenvalue weighted by atomic mass is 10.3. The second-order valence-corrected chi connectivity index (χ2v) is 2.87. The summed E-state index contributed by atoms with van der Waals surface area (Å²) in [7, 11) is 0. The van der Waals surface area contributed by atoms with Gasteiger partial charge in [-0.2, -0.15) is 0 Å². The number of nitrogens with one attached hydrogen (secondary N) is 1. The van der Waals surface area contributed by atoms with Crippen LogP contribution in [0.25, 0.3) is 0 Å². The summed E-state index contributed by atoms with van der Waals surface area (Å²) in [4.78, 5) is 13.7. The average molecular weight is 205 g/mol. The molecule has 0 unspecified atom stereocenters. The fourth-order valence-electron chi connectivity index (χ4n) is 1.09. The molecule has 1 aromatic rings. The molecular weight excluding hydrogens is 194 g/mol. The number of aromatic nitrogens is 1. The molecule has 78 valence electrons. The van der Waals surface area contributed by atoms with Crippen molar-refractivity contribution >= 4 is 11.5 Å². The third kappa shape index (κ3) is 3.27. The summed E-state index contributed by atoms with van der Waals surface area (Å²) in [6, 6.07) is 3.28. The Labute approximate surface area is 87.7 Å². The second-order valence-electron chi connectivity index (χ2n) is 2.87. The predicted molar refractivity (Wildman–Crippen MR) is 57.4 cm³/mol. The molecule has 0 spiro atoms. The van der Waals surface area contributed by atoms with E-state index in [1.165, 1.54) is 6.20 Å². The first-order chi connectivity index (χ1) is 7.25. The molecular formula is C10H11N3O2. The van der Waals surface area contributed by atoms with Crippen molar-refractivity contribution in [3.05, 3.63) is 28.4 Å². The van der Waals surface area contributed by atoms with Gasteiger partial charge in [0.1, 0.15) is 11.9 Å².